The Bertz CT molecular complexity index is 984. The first-order valence-electron chi connectivity index (χ1n) is 9.16. The van der Waals surface area contributed by atoms with Crippen molar-refractivity contribution in [3.63, 3.8) is 0 Å². The quantitative estimate of drug-likeness (QED) is 0.698. The lowest BCUT2D eigenvalue weighted by molar-refractivity contribution is -0.114. The molecule has 7 heteroatoms. The third kappa shape index (κ3) is 4.20. The second-order valence-electron chi connectivity index (χ2n) is 6.91. The van der Waals surface area contributed by atoms with Crippen molar-refractivity contribution in [2.75, 3.05) is 17.2 Å². The van der Waals surface area contributed by atoms with E-state index in [4.69, 9.17) is 4.52 Å². The smallest absolute Gasteiger partial charge is 0.221 e. The van der Waals surface area contributed by atoms with E-state index in [0.717, 1.165) is 42.1 Å². The third-order valence-electron chi connectivity index (χ3n) is 4.67. The Morgan fingerprint density at radius 1 is 1.21 bits per heavy atom. The van der Waals surface area contributed by atoms with E-state index >= 15 is 0 Å². The van der Waals surface area contributed by atoms with Gasteiger partial charge in [-0.3, -0.25) is 9.69 Å². The summed E-state index contributed by atoms with van der Waals surface area (Å²) in [6, 6.07) is 14.1. The molecule has 28 heavy (non-hydrogen) atoms. The van der Waals surface area contributed by atoms with E-state index in [1.165, 1.54) is 19.1 Å². The van der Waals surface area contributed by atoms with Crippen molar-refractivity contribution in [2.24, 2.45) is 0 Å². The standard InChI is InChI=1S/C21H21FN4O2/c1-14(27)23-17-7-5-15(6-8-17)12-26-10-9-20-19(13-26)21(25-28-20)24-18-4-2-3-16(22)11-18/h2-8,11H,9-10,12-13H2,1H3,(H,23,27)(H,24,25). The van der Waals surface area contributed by atoms with Gasteiger partial charge >= 0.3 is 0 Å². The maximum Gasteiger partial charge on any atom is 0.221 e. The summed E-state index contributed by atoms with van der Waals surface area (Å²) < 4.78 is 18.9. The number of carbonyl (C=O) groups is 1. The summed E-state index contributed by atoms with van der Waals surface area (Å²) in [6.07, 6.45) is 0.775. The zero-order valence-electron chi connectivity index (χ0n) is 15.5. The first-order chi connectivity index (χ1) is 13.6. The van der Waals surface area contributed by atoms with Crippen LogP contribution in [0.2, 0.25) is 0 Å². The van der Waals surface area contributed by atoms with Gasteiger partial charge in [0.05, 0.1) is 5.56 Å². The van der Waals surface area contributed by atoms with Gasteiger partial charge in [0.1, 0.15) is 11.6 Å². The number of rotatable bonds is 5. The molecule has 4 rings (SSSR count). The number of nitrogens with zero attached hydrogens (tertiary/aromatic N) is 2. The SMILES string of the molecule is CC(=O)Nc1ccc(CN2CCc3onc(Nc4cccc(F)c4)c3C2)cc1. The van der Waals surface area contributed by atoms with Crippen LogP contribution in [0.25, 0.3) is 0 Å². The molecule has 0 unspecified atom stereocenters. The lowest BCUT2D eigenvalue weighted by Gasteiger charge is -2.26. The minimum absolute atomic E-state index is 0.0814. The highest BCUT2D eigenvalue weighted by Crippen LogP contribution is 2.29. The lowest BCUT2D eigenvalue weighted by Crippen LogP contribution is -2.29. The van der Waals surface area contributed by atoms with Gasteiger partial charge in [-0.15, -0.1) is 0 Å². The van der Waals surface area contributed by atoms with E-state index in [1.807, 2.05) is 24.3 Å². The second-order valence-corrected chi connectivity index (χ2v) is 6.91. The maximum absolute atomic E-state index is 13.4. The first kappa shape index (κ1) is 18.2. The summed E-state index contributed by atoms with van der Waals surface area (Å²) in [4.78, 5) is 13.4. The molecule has 0 atom stereocenters. The van der Waals surface area contributed by atoms with Crippen LogP contribution in [0.3, 0.4) is 0 Å². The van der Waals surface area contributed by atoms with Crippen molar-refractivity contribution in [1.29, 1.82) is 0 Å². The van der Waals surface area contributed by atoms with Crippen LogP contribution in [0.15, 0.2) is 53.1 Å². The Labute approximate surface area is 162 Å². The topological polar surface area (TPSA) is 70.4 Å². The molecule has 2 N–H and O–H groups in total. The molecule has 6 nitrogen and oxygen atoms in total. The summed E-state index contributed by atoms with van der Waals surface area (Å²) in [6.45, 7) is 3.84. The highest BCUT2D eigenvalue weighted by Gasteiger charge is 2.24. The summed E-state index contributed by atoms with van der Waals surface area (Å²) in [7, 11) is 0. The van der Waals surface area contributed by atoms with E-state index < -0.39 is 0 Å². The zero-order valence-corrected chi connectivity index (χ0v) is 15.5. The number of nitrogens with one attached hydrogen (secondary N) is 2. The molecule has 3 aromatic rings. The highest BCUT2D eigenvalue weighted by molar-refractivity contribution is 5.88. The van der Waals surface area contributed by atoms with Crippen molar-refractivity contribution < 1.29 is 13.7 Å². The Morgan fingerprint density at radius 3 is 2.79 bits per heavy atom. The van der Waals surface area contributed by atoms with Gasteiger partial charge in [-0.25, -0.2) is 4.39 Å². The molecule has 1 aromatic heterocycles. The van der Waals surface area contributed by atoms with Crippen LogP contribution in [-0.2, 0) is 24.3 Å². The molecule has 0 fully saturated rings. The molecule has 1 aliphatic heterocycles. The second kappa shape index (κ2) is 7.82. The molecular formula is C21H21FN4O2. The molecule has 0 spiro atoms. The van der Waals surface area contributed by atoms with Gasteiger partial charge in [-0.1, -0.05) is 23.4 Å². The largest absolute Gasteiger partial charge is 0.359 e. The fraction of sp³-hybridized carbons (Fsp3) is 0.238. The minimum Gasteiger partial charge on any atom is -0.359 e. The van der Waals surface area contributed by atoms with Gasteiger partial charge in [-0.05, 0) is 35.9 Å². The number of anilines is 3. The normalized spacial score (nSPS) is 13.8. The van der Waals surface area contributed by atoms with Crippen LogP contribution in [-0.4, -0.2) is 22.5 Å². The molecule has 0 saturated carbocycles. The van der Waals surface area contributed by atoms with E-state index in [9.17, 15) is 9.18 Å². The van der Waals surface area contributed by atoms with Crippen LogP contribution >= 0.6 is 0 Å². The Balaban J connectivity index is 1.44. The van der Waals surface area contributed by atoms with Gasteiger partial charge in [0.2, 0.25) is 5.91 Å². The summed E-state index contributed by atoms with van der Waals surface area (Å²) in [5.74, 6) is 1.12. The van der Waals surface area contributed by atoms with Crippen LogP contribution < -0.4 is 10.6 Å². The molecule has 0 radical (unpaired) electrons. The minimum atomic E-state index is -0.299. The molecule has 0 saturated heterocycles. The van der Waals surface area contributed by atoms with Gasteiger partial charge < -0.3 is 15.2 Å². The first-order valence-corrected chi connectivity index (χ1v) is 9.16. The molecule has 144 valence electrons. The molecule has 0 bridgehead atoms. The van der Waals surface area contributed by atoms with Gasteiger partial charge in [0.25, 0.3) is 0 Å². The summed E-state index contributed by atoms with van der Waals surface area (Å²) in [5, 5.41) is 10.1. The average molecular weight is 380 g/mol. The number of fused-ring (bicyclic) bond motifs is 1. The van der Waals surface area contributed by atoms with Crippen molar-refractivity contribution >= 4 is 23.1 Å². The van der Waals surface area contributed by atoms with E-state index in [0.29, 0.717) is 18.1 Å². The van der Waals surface area contributed by atoms with E-state index in [2.05, 4.69) is 20.7 Å². The number of aromatic nitrogens is 1. The third-order valence-corrected chi connectivity index (χ3v) is 4.67. The summed E-state index contributed by atoms with van der Waals surface area (Å²) in [5.41, 5.74) is 3.60. The molecule has 2 aromatic carbocycles. The maximum atomic E-state index is 13.4. The number of benzene rings is 2. The number of hydrogen-bond donors (Lipinski definition) is 2. The molecule has 1 aliphatic rings. The number of carbonyl (C=O) groups excluding carboxylic acids is 1. The molecule has 2 heterocycles. The number of amides is 1. The van der Waals surface area contributed by atoms with Crippen molar-refractivity contribution in [3.05, 3.63) is 71.2 Å². The Kier molecular flexibility index (Phi) is 5.08. The highest BCUT2D eigenvalue weighted by atomic mass is 19.1. The average Bonchev–Trinajstić information content (AvgIpc) is 3.05. The fourth-order valence-electron chi connectivity index (χ4n) is 3.36. The Hall–Kier alpha value is -3.19. The van der Waals surface area contributed by atoms with Crippen LogP contribution in [0.4, 0.5) is 21.6 Å². The number of hydrogen-bond acceptors (Lipinski definition) is 5. The fourth-order valence-corrected chi connectivity index (χ4v) is 3.36. The van der Waals surface area contributed by atoms with Crippen molar-refractivity contribution in [2.45, 2.75) is 26.4 Å². The van der Waals surface area contributed by atoms with Crippen LogP contribution in [0.5, 0.6) is 0 Å². The monoisotopic (exact) mass is 380 g/mol. The molecule has 1 amide bonds. The lowest BCUT2D eigenvalue weighted by atomic mass is 10.1. The van der Waals surface area contributed by atoms with Gasteiger partial charge in [-0.2, -0.15) is 0 Å². The van der Waals surface area contributed by atoms with Crippen molar-refractivity contribution in [1.82, 2.24) is 10.1 Å². The van der Waals surface area contributed by atoms with Gasteiger partial charge in [0.15, 0.2) is 5.82 Å². The zero-order chi connectivity index (χ0) is 19.5. The van der Waals surface area contributed by atoms with Gasteiger partial charge in [0, 0.05) is 44.4 Å². The predicted octanol–water partition coefficient (Wildman–Crippen LogP) is 4.07. The van der Waals surface area contributed by atoms with E-state index in [-0.39, 0.29) is 11.7 Å². The van der Waals surface area contributed by atoms with E-state index in [1.54, 1.807) is 12.1 Å². The summed E-state index contributed by atoms with van der Waals surface area (Å²) >= 11 is 0. The predicted molar refractivity (Wildman–Crippen MR) is 105 cm³/mol. The van der Waals surface area contributed by atoms with Crippen molar-refractivity contribution in [3.8, 4) is 0 Å². The van der Waals surface area contributed by atoms with Crippen LogP contribution in [0, 0.1) is 5.82 Å². The van der Waals surface area contributed by atoms with Crippen LogP contribution in [0.1, 0.15) is 23.8 Å². The number of halogens is 1. The molecular weight excluding hydrogens is 359 g/mol. The Morgan fingerprint density at radius 2 is 2.04 bits per heavy atom. The molecule has 0 aliphatic carbocycles.